The van der Waals surface area contributed by atoms with Gasteiger partial charge in [-0.1, -0.05) is 0 Å². The number of likely N-dealkylation sites (N-methyl/N-ethyl adjacent to an activating group) is 1. The Morgan fingerprint density at radius 3 is 2.74 bits per heavy atom. The second kappa shape index (κ2) is 11.0. The smallest absolute Gasteiger partial charge is 0.341 e. The lowest BCUT2D eigenvalue weighted by Gasteiger charge is -2.28. The Kier molecular flexibility index (Phi) is 7.35. The first kappa shape index (κ1) is 28.7. The summed E-state index contributed by atoms with van der Waals surface area (Å²) in [6.45, 7) is 2.61. The molecule has 4 aromatic rings. The summed E-state index contributed by atoms with van der Waals surface area (Å²) in [5.41, 5.74) is 3.57. The molecule has 0 spiro atoms. The summed E-state index contributed by atoms with van der Waals surface area (Å²) >= 11 is 0. The van der Waals surface area contributed by atoms with E-state index in [1.54, 1.807) is 39.7 Å². The van der Waals surface area contributed by atoms with Crippen LogP contribution in [0.15, 0.2) is 35.5 Å². The quantitative estimate of drug-likeness (QED) is 0.279. The average Bonchev–Trinajstić information content (AvgIpc) is 3.64. The maximum Gasteiger partial charge on any atom is 0.341 e. The van der Waals surface area contributed by atoms with Gasteiger partial charge in [-0.25, -0.2) is 18.6 Å². The molecular formula is C31H32F2N6O4. The first-order valence-corrected chi connectivity index (χ1v) is 14.0. The molecule has 0 bridgehead atoms. The highest BCUT2D eigenvalue weighted by atomic mass is 19.2. The zero-order valence-corrected chi connectivity index (χ0v) is 24.4. The van der Waals surface area contributed by atoms with E-state index >= 15 is 4.39 Å². The molecule has 12 heteroatoms. The SMILES string of the molecule is CNc1cc(F)c(F)c2c1Cc1ncc(-c3cnc4c(c3)c(=O)c(C(=O)O)cn4C)c(N3CCC(N(C)CCOC)C3)c1-2. The predicted molar refractivity (Wildman–Crippen MR) is 160 cm³/mol. The number of rotatable bonds is 8. The number of aryl methyl sites for hydroxylation is 1. The van der Waals surface area contributed by atoms with E-state index in [0.29, 0.717) is 71.1 Å². The number of hydrogen-bond donors (Lipinski definition) is 2. The second-order valence-corrected chi connectivity index (χ2v) is 11.1. The summed E-state index contributed by atoms with van der Waals surface area (Å²) in [7, 11) is 7.00. The summed E-state index contributed by atoms with van der Waals surface area (Å²) in [5, 5.41) is 12.7. The third kappa shape index (κ3) is 4.70. The number of nitrogens with one attached hydrogen (secondary N) is 1. The summed E-state index contributed by atoms with van der Waals surface area (Å²) in [6.07, 6.45) is 5.71. The molecule has 1 aromatic carbocycles. The van der Waals surface area contributed by atoms with Crippen LogP contribution in [0.25, 0.3) is 33.3 Å². The molecule has 224 valence electrons. The molecule has 1 aliphatic carbocycles. The summed E-state index contributed by atoms with van der Waals surface area (Å²) in [6, 6.07) is 2.97. The minimum atomic E-state index is -1.33. The first-order valence-electron chi connectivity index (χ1n) is 14.0. The average molecular weight is 591 g/mol. The van der Waals surface area contributed by atoms with Gasteiger partial charge in [0, 0.05) is 106 Å². The van der Waals surface area contributed by atoms with Crippen molar-refractivity contribution < 1.29 is 23.4 Å². The standard InChI is InChI=1S/C31H32F2N6O4/c1-34-23-11-22(32)27(33)25-18(23)10-24-26(25)28(39-6-5-17(14-39)37(2)7-8-43-4)20(13-35-24)16-9-19-29(40)21(31(41)42)15-38(3)30(19)36-12-16/h9,11-13,15,17,34H,5-8,10,14H2,1-4H3,(H,41,42). The lowest BCUT2D eigenvalue weighted by Crippen LogP contribution is -2.36. The van der Waals surface area contributed by atoms with Crippen LogP contribution < -0.4 is 15.6 Å². The van der Waals surface area contributed by atoms with Gasteiger partial charge in [0.15, 0.2) is 11.6 Å². The molecule has 1 aliphatic heterocycles. The Hall–Kier alpha value is -4.42. The predicted octanol–water partition coefficient (Wildman–Crippen LogP) is 3.74. The van der Waals surface area contributed by atoms with Crippen LogP contribution in [0.4, 0.5) is 20.2 Å². The number of nitrogens with zero attached hydrogens (tertiary/aromatic N) is 5. The van der Waals surface area contributed by atoms with Crippen LogP contribution in [-0.4, -0.2) is 84.0 Å². The zero-order chi connectivity index (χ0) is 30.6. The minimum Gasteiger partial charge on any atom is -0.477 e. The van der Waals surface area contributed by atoms with Gasteiger partial charge in [-0.2, -0.15) is 0 Å². The number of halogens is 2. The Bertz CT molecular complexity index is 1840. The molecule has 1 saturated heterocycles. The molecular weight excluding hydrogens is 558 g/mol. The van der Waals surface area contributed by atoms with E-state index in [2.05, 4.69) is 20.1 Å². The Morgan fingerprint density at radius 1 is 1.23 bits per heavy atom. The number of pyridine rings is 3. The third-order valence-corrected chi connectivity index (χ3v) is 8.63. The van der Waals surface area contributed by atoms with Crippen molar-refractivity contribution in [2.45, 2.75) is 18.9 Å². The van der Waals surface area contributed by atoms with Crippen LogP contribution >= 0.6 is 0 Å². The van der Waals surface area contributed by atoms with Crippen LogP contribution in [0.1, 0.15) is 28.0 Å². The molecule has 4 heterocycles. The van der Waals surface area contributed by atoms with Crippen molar-refractivity contribution in [2.75, 3.05) is 57.7 Å². The van der Waals surface area contributed by atoms with E-state index in [1.807, 2.05) is 7.05 Å². The van der Waals surface area contributed by atoms with Gasteiger partial charge >= 0.3 is 5.97 Å². The van der Waals surface area contributed by atoms with Crippen LogP contribution in [-0.2, 0) is 18.2 Å². The van der Waals surface area contributed by atoms with Crippen molar-refractivity contribution >= 4 is 28.4 Å². The Labute approximate surface area is 246 Å². The molecule has 6 rings (SSSR count). The largest absolute Gasteiger partial charge is 0.477 e. The van der Waals surface area contributed by atoms with E-state index < -0.39 is 23.0 Å². The van der Waals surface area contributed by atoms with Gasteiger partial charge in [-0.15, -0.1) is 0 Å². The number of aromatic nitrogens is 3. The second-order valence-electron chi connectivity index (χ2n) is 11.1. The fourth-order valence-electron chi connectivity index (χ4n) is 6.36. The molecule has 10 nitrogen and oxygen atoms in total. The number of aromatic carboxylic acids is 1. The summed E-state index contributed by atoms with van der Waals surface area (Å²) < 4.78 is 37.4. The van der Waals surface area contributed by atoms with Crippen LogP contribution in [0.3, 0.4) is 0 Å². The molecule has 0 saturated carbocycles. The minimum absolute atomic E-state index is 0.139. The molecule has 3 aromatic heterocycles. The highest BCUT2D eigenvalue weighted by Gasteiger charge is 2.36. The van der Waals surface area contributed by atoms with E-state index in [0.717, 1.165) is 13.0 Å². The van der Waals surface area contributed by atoms with E-state index in [4.69, 9.17) is 9.72 Å². The number of hydrogen-bond acceptors (Lipinski definition) is 8. The Morgan fingerprint density at radius 2 is 2.02 bits per heavy atom. The Balaban J connectivity index is 1.58. The summed E-state index contributed by atoms with van der Waals surface area (Å²) in [5.74, 6) is -3.22. The van der Waals surface area contributed by atoms with Gasteiger partial charge in [0.05, 0.1) is 23.4 Å². The highest BCUT2D eigenvalue weighted by molar-refractivity contribution is 5.98. The lowest BCUT2D eigenvalue weighted by atomic mass is 9.97. The number of anilines is 2. The number of fused-ring (bicyclic) bond motifs is 4. The number of carboxylic acids is 1. The molecule has 0 radical (unpaired) electrons. The first-order chi connectivity index (χ1) is 20.6. The number of benzene rings is 1. The van der Waals surface area contributed by atoms with E-state index in [9.17, 15) is 19.1 Å². The van der Waals surface area contributed by atoms with Gasteiger partial charge in [0.25, 0.3) is 0 Å². The number of methoxy groups -OCH3 is 1. The molecule has 0 amide bonds. The lowest BCUT2D eigenvalue weighted by molar-refractivity contribution is 0.0695. The van der Waals surface area contributed by atoms with Crippen molar-refractivity contribution in [3.63, 3.8) is 0 Å². The van der Waals surface area contributed by atoms with Crippen LogP contribution in [0, 0.1) is 11.6 Å². The van der Waals surface area contributed by atoms with Gasteiger partial charge in [-0.05, 0) is 25.1 Å². The number of carboxylic acid groups (broad SMARTS) is 1. The van der Waals surface area contributed by atoms with Crippen LogP contribution in [0.2, 0.25) is 0 Å². The molecule has 1 fully saturated rings. The molecule has 1 atom stereocenters. The molecule has 2 aliphatic rings. The third-order valence-electron chi connectivity index (χ3n) is 8.63. The van der Waals surface area contributed by atoms with Crippen molar-refractivity contribution in [1.82, 2.24) is 19.4 Å². The topological polar surface area (TPSA) is 113 Å². The van der Waals surface area contributed by atoms with Gasteiger partial charge < -0.3 is 24.6 Å². The van der Waals surface area contributed by atoms with E-state index in [-0.39, 0.29) is 22.6 Å². The van der Waals surface area contributed by atoms with E-state index in [1.165, 1.54) is 16.8 Å². The fraction of sp³-hybridized carbons (Fsp3) is 0.355. The van der Waals surface area contributed by atoms with Crippen molar-refractivity contribution in [2.24, 2.45) is 7.05 Å². The monoisotopic (exact) mass is 590 g/mol. The maximum absolute atomic E-state index is 15.7. The zero-order valence-electron chi connectivity index (χ0n) is 24.4. The molecule has 1 unspecified atom stereocenters. The van der Waals surface area contributed by atoms with Crippen molar-refractivity contribution in [3.8, 4) is 22.3 Å². The fourth-order valence-corrected chi connectivity index (χ4v) is 6.36. The van der Waals surface area contributed by atoms with Crippen molar-refractivity contribution in [1.29, 1.82) is 0 Å². The maximum atomic E-state index is 15.7. The van der Waals surface area contributed by atoms with Crippen LogP contribution in [0.5, 0.6) is 0 Å². The summed E-state index contributed by atoms with van der Waals surface area (Å²) in [4.78, 5) is 38.6. The number of ether oxygens (including phenoxy) is 1. The van der Waals surface area contributed by atoms with Gasteiger partial charge in [0.1, 0.15) is 11.2 Å². The highest BCUT2D eigenvalue weighted by Crippen LogP contribution is 2.50. The molecule has 43 heavy (non-hydrogen) atoms. The van der Waals surface area contributed by atoms with Crippen molar-refractivity contribution in [3.05, 3.63) is 69.4 Å². The van der Waals surface area contributed by atoms with Gasteiger partial charge in [0.2, 0.25) is 5.43 Å². The normalized spacial score (nSPS) is 15.8. The number of carbonyl (C=O) groups is 1. The van der Waals surface area contributed by atoms with Gasteiger partial charge in [-0.3, -0.25) is 14.7 Å². The molecule has 2 N–H and O–H groups in total.